The molecule has 4 heteroatoms. The summed E-state index contributed by atoms with van der Waals surface area (Å²) >= 11 is 0. The molecule has 0 heterocycles. The van der Waals surface area contributed by atoms with Crippen molar-refractivity contribution in [2.24, 2.45) is 0 Å². The van der Waals surface area contributed by atoms with E-state index in [9.17, 15) is 0 Å². The number of rotatable bonds is 2. The van der Waals surface area contributed by atoms with Gasteiger partial charge in [0.15, 0.2) is 5.57 Å². The van der Waals surface area contributed by atoms with E-state index >= 15 is 0 Å². The van der Waals surface area contributed by atoms with E-state index in [0.29, 0.717) is 0 Å². The predicted molar refractivity (Wildman–Crippen MR) is 78.8 cm³/mol. The van der Waals surface area contributed by atoms with Crippen molar-refractivity contribution >= 4 is 16.5 Å². The van der Waals surface area contributed by atoms with Crippen LogP contribution in [0.2, 0.25) is 0 Å². The number of hydrogen-bond donors (Lipinski definition) is 1. The molecule has 0 saturated heterocycles. The molecule has 4 nitrogen and oxygen atoms in total. The van der Waals surface area contributed by atoms with Gasteiger partial charge in [0.2, 0.25) is 0 Å². The second-order valence-corrected chi connectivity index (χ2v) is 4.82. The van der Waals surface area contributed by atoms with Gasteiger partial charge in [0.1, 0.15) is 23.9 Å². The lowest BCUT2D eigenvalue weighted by Crippen LogP contribution is -2.01. The number of hydrogen-bond acceptors (Lipinski definition) is 4. The SMILES string of the molecule is N#CC(C#N)=C(C#N)Nc1ccc2c3c(cccc13)CC2. The molecule has 1 aliphatic rings. The highest BCUT2D eigenvalue weighted by atomic mass is 14.9. The van der Waals surface area contributed by atoms with Crippen LogP contribution in [-0.2, 0) is 12.8 Å². The Labute approximate surface area is 122 Å². The molecule has 0 bridgehead atoms. The van der Waals surface area contributed by atoms with Crippen LogP contribution in [0.5, 0.6) is 0 Å². The highest BCUT2D eigenvalue weighted by Crippen LogP contribution is 2.35. The number of nitrogens with one attached hydrogen (secondary N) is 1. The van der Waals surface area contributed by atoms with Gasteiger partial charge < -0.3 is 5.32 Å². The van der Waals surface area contributed by atoms with Crippen LogP contribution in [0, 0.1) is 34.0 Å². The standard InChI is InChI=1S/C17H10N4/c18-8-13(9-19)16(10-20)21-15-7-6-12-5-4-11-2-1-3-14(15)17(11)12/h1-3,6-7,21H,4-5H2. The summed E-state index contributed by atoms with van der Waals surface area (Å²) in [7, 11) is 0. The predicted octanol–water partition coefficient (Wildman–Crippen LogP) is 3.18. The number of aryl methyl sites for hydroxylation is 2. The summed E-state index contributed by atoms with van der Waals surface area (Å²) in [6.45, 7) is 0. The molecule has 0 aliphatic heterocycles. The van der Waals surface area contributed by atoms with Gasteiger partial charge in [-0.15, -0.1) is 0 Å². The summed E-state index contributed by atoms with van der Waals surface area (Å²) < 4.78 is 0. The van der Waals surface area contributed by atoms with E-state index in [-0.39, 0.29) is 11.3 Å². The molecule has 1 aliphatic carbocycles. The highest BCUT2D eigenvalue weighted by molar-refractivity contribution is 6.00. The first-order valence-corrected chi connectivity index (χ1v) is 6.53. The van der Waals surface area contributed by atoms with Crippen LogP contribution < -0.4 is 5.32 Å². The van der Waals surface area contributed by atoms with Crippen molar-refractivity contribution in [1.82, 2.24) is 0 Å². The minimum absolute atomic E-state index is 0.0151. The third-order valence-corrected chi connectivity index (χ3v) is 3.72. The molecule has 0 amide bonds. The van der Waals surface area contributed by atoms with E-state index in [1.165, 1.54) is 16.5 Å². The third-order valence-electron chi connectivity index (χ3n) is 3.72. The maximum Gasteiger partial charge on any atom is 0.163 e. The lowest BCUT2D eigenvalue weighted by Gasteiger charge is -2.10. The molecular weight excluding hydrogens is 260 g/mol. The van der Waals surface area contributed by atoms with Crippen LogP contribution in [0.25, 0.3) is 10.8 Å². The molecule has 2 aromatic carbocycles. The van der Waals surface area contributed by atoms with E-state index in [2.05, 4.69) is 11.4 Å². The van der Waals surface area contributed by atoms with Gasteiger partial charge >= 0.3 is 0 Å². The first-order chi connectivity index (χ1) is 10.3. The van der Waals surface area contributed by atoms with Crippen molar-refractivity contribution in [2.75, 3.05) is 5.32 Å². The molecule has 21 heavy (non-hydrogen) atoms. The number of benzene rings is 2. The second kappa shape index (κ2) is 5.00. The normalized spacial score (nSPS) is 11.3. The van der Waals surface area contributed by atoms with Gasteiger partial charge in [-0.2, -0.15) is 15.8 Å². The fourth-order valence-corrected chi connectivity index (χ4v) is 2.77. The van der Waals surface area contributed by atoms with Crippen molar-refractivity contribution in [3.05, 3.63) is 52.7 Å². The Morgan fingerprint density at radius 2 is 1.62 bits per heavy atom. The average Bonchev–Trinajstić information content (AvgIpc) is 2.94. The minimum Gasteiger partial charge on any atom is -0.345 e. The van der Waals surface area contributed by atoms with Crippen LogP contribution in [0.3, 0.4) is 0 Å². The number of nitriles is 3. The van der Waals surface area contributed by atoms with Gasteiger partial charge in [-0.05, 0) is 35.4 Å². The van der Waals surface area contributed by atoms with E-state index in [1.807, 2.05) is 30.3 Å². The zero-order valence-electron chi connectivity index (χ0n) is 11.1. The quantitative estimate of drug-likeness (QED) is 0.849. The first kappa shape index (κ1) is 12.7. The highest BCUT2D eigenvalue weighted by Gasteiger charge is 2.16. The monoisotopic (exact) mass is 270 g/mol. The fraction of sp³-hybridized carbons (Fsp3) is 0.118. The third kappa shape index (κ3) is 1.98. The van der Waals surface area contributed by atoms with Crippen LogP contribution in [0.1, 0.15) is 11.1 Å². The lowest BCUT2D eigenvalue weighted by molar-refractivity contribution is 1.02. The van der Waals surface area contributed by atoms with Gasteiger partial charge in [0.25, 0.3) is 0 Å². The summed E-state index contributed by atoms with van der Waals surface area (Å²) in [4.78, 5) is 0. The molecule has 2 aromatic rings. The maximum atomic E-state index is 9.14. The zero-order chi connectivity index (χ0) is 14.8. The lowest BCUT2D eigenvalue weighted by atomic mass is 10.0. The summed E-state index contributed by atoms with van der Waals surface area (Å²) in [5, 5.41) is 32.1. The molecule has 1 N–H and O–H groups in total. The summed E-state index contributed by atoms with van der Waals surface area (Å²) in [6, 6.07) is 15.4. The molecule has 98 valence electrons. The average molecular weight is 270 g/mol. The smallest absolute Gasteiger partial charge is 0.163 e. The van der Waals surface area contributed by atoms with Gasteiger partial charge in [0, 0.05) is 11.1 Å². The largest absolute Gasteiger partial charge is 0.345 e. The van der Waals surface area contributed by atoms with Crippen LogP contribution in [-0.4, -0.2) is 0 Å². The van der Waals surface area contributed by atoms with Crippen molar-refractivity contribution in [3.63, 3.8) is 0 Å². The van der Waals surface area contributed by atoms with E-state index in [4.69, 9.17) is 15.8 Å². The van der Waals surface area contributed by atoms with Crippen molar-refractivity contribution in [2.45, 2.75) is 12.8 Å². The zero-order valence-corrected chi connectivity index (χ0v) is 11.1. The molecule has 0 aromatic heterocycles. The Bertz CT molecular complexity index is 875. The van der Waals surface area contributed by atoms with Crippen molar-refractivity contribution in [3.8, 4) is 18.2 Å². The Hall–Kier alpha value is -3.29. The number of allylic oxidation sites excluding steroid dienone is 2. The molecule has 0 fully saturated rings. The molecule has 0 unspecified atom stereocenters. The van der Waals surface area contributed by atoms with E-state index in [1.54, 1.807) is 12.1 Å². The van der Waals surface area contributed by atoms with Crippen molar-refractivity contribution in [1.29, 1.82) is 15.8 Å². The topological polar surface area (TPSA) is 83.4 Å². The Morgan fingerprint density at radius 1 is 0.905 bits per heavy atom. The second-order valence-electron chi connectivity index (χ2n) is 4.82. The van der Waals surface area contributed by atoms with Gasteiger partial charge in [0.05, 0.1) is 0 Å². The molecule has 0 atom stereocenters. The van der Waals surface area contributed by atoms with Gasteiger partial charge in [-0.1, -0.05) is 24.3 Å². The first-order valence-electron chi connectivity index (χ1n) is 6.53. The van der Waals surface area contributed by atoms with Crippen LogP contribution in [0.15, 0.2) is 41.6 Å². The van der Waals surface area contributed by atoms with Gasteiger partial charge in [-0.3, -0.25) is 0 Å². The Kier molecular flexibility index (Phi) is 3.03. The van der Waals surface area contributed by atoms with Crippen molar-refractivity contribution < 1.29 is 0 Å². The molecule has 0 radical (unpaired) electrons. The maximum absolute atomic E-state index is 9.14. The molecular formula is C17H10N4. The minimum atomic E-state index is -0.208. The van der Waals surface area contributed by atoms with Crippen LogP contribution >= 0.6 is 0 Å². The Morgan fingerprint density at radius 3 is 2.29 bits per heavy atom. The van der Waals surface area contributed by atoms with Gasteiger partial charge in [-0.25, -0.2) is 0 Å². The molecule has 3 rings (SSSR count). The molecule has 0 saturated carbocycles. The van der Waals surface area contributed by atoms with E-state index in [0.717, 1.165) is 23.9 Å². The fourth-order valence-electron chi connectivity index (χ4n) is 2.77. The number of anilines is 1. The molecule has 0 spiro atoms. The summed E-state index contributed by atoms with van der Waals surface area (Å²) in [6.07, 6.45) is 2.05. The van der Waals surface area contributed by atoms with Crippen LogP contribution in [0.4, 0.5) is 5.69 Å². The summed E-state index contributed by atoms with van der Waals surface area (Å²) in [5.41, 5.74) is 3.13. The summed E-state index contributed by atoms with van der Waals surface area (Å²) in [5.74, 6) is 0. The van der Waals surface area contributed by atoms with E-state index < -0.39 is 0 Å². The Balaban J connectivity index is 2.17. The number of nitrogens with zero attached hydrogens (tertiary/aromatic N) is 3.